The van der Waals surface area contributed by atoms with Crippen molar-refractivity contribution >= 4 is 21.7 Å². The Morgan fingerprint density at radius 1 is 1.50 bits per heavy atom. The number of sulfonamides is 1. The minimum absolute atomic E-state index is 0.0544. The van der Waals surface area contributed by atoms with E-state index in [4.69, 9.17) is 5.73 Å². The van der Waals surface area contributed by atoms with Crippen molar-refractivity contribution in [2.45, 2.75) is 31.7 Å². The van der Waals surface area contributed by atoms with Gasteiger partial charge in [0, 0.05) is 26.3 Å². The average molecular weight is 303 g/mol. The van der Waals surface area contributed by atoms with Gasteiger partial charge in [-0.1, -0.05) is 6.92 Å². The summed E-state index contributed by atoms with van der Waals surface area (Å²) in [5, 5.41) is 6.50. The number of carbonyl (C=O) groups excluding carboxylic acids is 1. The second-order valence-corrected chi connectivity index (χ2v) is 6.37. The monoisotopic (exact) mass is 303 g/mol. The Balaban J connectivity index is 2.95. The van der Waals surface area contributed by atoms with E-state index in [2.05, 4.69) is 10.4 Å². The van der Waals surface area contributed by atoms with Gasteiger partial charge >= 0.3 is 0 Å². The van der Waals surface area contributed by atoms with Crippen molar-refractivity contribution in [1.82, 2.24) is 19.4 Å². The maximum atomic E-state index is 12.3. The molecule has 9 heteroatoms. The Kier molecular flexibility index (Phi) is 5.52. The molecule has 3 N–H and O–H groups in total. The molecule has 0 saturated carbocycles. The van der Waals surface area contributed by atoms with Crippen LogP contribution in [0.25, 0.3) is 0 Å². The minimum Gasteiger partial charge on any atom is -0.381 e. The standard InChI is InChI=1S/C11H21N5O3S/c1-4-6-16-7-9(11(12)14-16)20(18,19)15(3)8-10(17)13-5-2/h7H,4-6,8H2,1-3H3,(H2,12,14)(H,13,17). The van der Waals surface area contributed by atoms with Crippen LogP contribution in [-0.4, -0.2) is 48.5 Å². The lowest BCUT2D eigenvalue weighted by molar-refractivity contribution is -0.121. The molecule has 0 atom stereocenters. The number of hydrogen-bond acceptors (Lipinski definition) is 5. The van der Waals surface area contributed by atoms with Crippen LogP contribution >= 0.6 is 0 Å². The van der Waals surface area contributed by atoms with Crippen molar-refractivity contribution in [3.8, 4) is 0 Å². The van der Waals surface area contributed by atoms with E-state index in [1.165, 1.54) is 17.9 Å². The maximum absolute atomic E-state index is 12.3. The number of likely N-dealkylation sites (N-methyl/N-ethyl adjacent to an activating group) is 2. The summed E-state index contributed by atoms with van der Waals surface area (Å²) in [6, 6.07) is 0. The topological polar surface area (TPSA) is 110 Å². The summed E-state index contributed by atoms with van der Waals surface area (Å²) < 4.78 is 27.1. The number of hydrogen-bond donors (Lipinski definition) is 2. The molecule has 0 aromatic carbocycles. The van der Waals surface area contributed by atoms with Crippen LogP contribution in [0, 0.1) is 0 Å². The molecule has 1 rings (SSSR count). The normalized spacial score (nSPS) is 11.8. The summed E-state index contributed by atoms with van der Waals surface area (Å²) in [5.74, 6) is -0.417. The third-order valence-electron chi connectivity index (χ3n) is 2.64. The predicted molar refractivity (Wildman–Crippen MR) is 75.4 cm³/mol. The van der Waals surface area contributed by atoms with Crippen LogP contribution in [0.5, 0.6) is 0 Å². The Morgan fingerprint density at radius 3 is 2.70 bits per heavy atom. The van der Waals surface area contributed by atoms with Crippen LogP contribution in [0.1, 0.15) is 20.3 Å². The molecule has 114 valence electrons. The first-order chi connectivity index (χ1) is 9.32. The Bertz CT molecular complexity index is 567. The first-order valence-electron chi connectivity index (χ1n) is 6.38. The van der Waals surface area contributed by atoms with Crippen LogP contribution in [-0.2, 0) is 21.4 Å². The molecule has 0 radical (unpaired) electrons. The van der Waals surface area contributed by atoms with Crippen molar-refractivity contribution in [2.75, 3.05) is 25.9 Å². The number of carbonyl (C=O) groups is 1. The average Bonchev–Trinajstić information content (AvgIpc) is 2.71. The lowest BCUT2D eigenvalue weighted by atomic mass is 10.5. The Labute approximate surface area is 119 Å². The van der Waals surface area contributed by atoms with Gasteiger partial charge in [-0.3, -0.25) is 9.48 Å². The zero-order valence-corrected chi connectivity index (χ0v) is 12.8. The maximum Gasteiger partial charge on any atom is 0.248 e. The molecule has 0 fully saturated rings. The minimum atomic E-state index is -3.82. The predicted octanol–water partition coefficient (Wildman–Crippen LogP) is -0.368. The first-order valence-corrected chi connectivity index (χ1v) is 7.82. The van der Waals surface area contributed by atoms with Crippen LogP contribution < -0.4 is 11.1 Å². The molecule has 8 nitrogen and oxygen atoms in total. The summed E-state index contributed by atoms with van der Waals surface area (Å²) in [5.41, 5.74) is 5.65. The number of aromatic nitrogens is 2. The highest BCUT2D eigenvalue weighted by atomic mass is 32.2. The third kappa shape index (κ3) is 3.70. The second-order valence-electron chi connectivity index (χ2n) is 4.36. The molecule has 0 aliphatic heterocycles. The van der Waals surface area contributed by atoms with Gasteiger partial charge in [0.2, 0.25) is 15.9 Å². The van der Waals surface area contributed by atoms with E-state index >= 15 is 0 Å². The van der Waals surface area contributed by atoms with Gasteiger partial charge < -0.3 is 11.1 Å². The molecule has 20 heavy (non-hydrogen) atoms. The van der Waals surface area contributed by atoms with E-state index < -0.39 is 10.0 Å². The SMILES string of the molecule is CCCn1cc(S(=O)(=O)N(C)CC(=O)NCC)c(N)n1. The number of nitrogens with two attached hydrogens (primary N) is 1. The molecule has 0 aliphatic rings. The van der Waals surface area contributed by atoms with Crippen molar-refractivity contribution < 1.29 is 13.2 Å². The van der Waals surface area contributed by atoms with Crippen molar-refractivity contribution in [3.63, 3.8) is 0 Å². The Morgan fingerprint density at radius 2 is 2.15 bits per heavy atom. The number of rotatable bonds is 7. The quantitative estimate of drug-likeness (QED) is 0.714. The molecule has 0 spiro atoms. The highest BCUT2D eigenvalue weighted by molar-refractivity contribution is 7.89. The van der Waals surface area contributed by atoms with Crippen LogP contribution in [0.2, 0.25) is 0 Å². The van der Waals surface area contributed by atoms with Gasteiger partial charge in [0.15, 0.2) is 5.82 Å². The highest BCUT2D eigenvalue weighted by Gasteiger charge is 2.27. The second kappa shape index (κ2) is 6.71. The van der Waals surface area contributed by atoms with E-state index in [1.807, 2.05) is 6.92 Å². The fourth-order valence-electron chi connectivity index (χ4n) is 1.67. The van der Waals surface area contributed by atoms with E-state index in [0.29, 0.717) is 13.1 Å². The van der Waals surface area contributed by atoms with Crippen molar-refractivity contribution in [1.29, 1.82) is 0 Å². The number of amides is 1. The van der Waals surface area contributed by atoms with E-state index in [0.717, 1.165) is 10.7 Å². The molecule has 0 bridgehead atoms. The summed E-state index contributed by atoms with van der Waals surface area (Å²) in [6.07, 6.45) is 2.21. The largest absolute Gasteiger partial charge is 0.381 e. The molecule has 1 aromatic heterocycles. The number of nitrogens with one attached hydrogen (secondary N) is 1. The van der Waals surface area contributed by atoms with Crippen LogP contribution in [0.15, 0.2) is 11.1 Å². The summed E-state index contributed by atoms with van der Waals surface area (Å²) >= 11 is 0. The molecule has 0 unspecified atom stereocenters. The molecule has 1 aromatic rings. The fraction of sp³-hybridized carbons (Fsp3) is 0.636. The van der Waals surface area contributed by atoms with Gasteiger partial charge in [0.1, 0.15) is 4.90 Å². The number of aryl methyl sites for hydroxylation is 1. The van der Waals surface area contributed by atoms with Gasteiger partial charge in [-0.2, -0.15) is 9.40 Å². The lowest BCUT2D eigenvalue weighted by Crippen LogP contribution is -2.38. The van der Waals surface area contributed by atoms with Gasteiger partial charge in [0.25, 0.3) is 0 Å². The highest BCUT2D eigenvalue weighted by Crippen LogP contribution is 2.20. The summed E-state index contributed by atoms with van der Waals surface area (Å²) in [6.45, 7) is 4.49. The van der Waals surface area contributed by atoms with Crippen LogP contribution in [0.4, 0.5) is 5.82 Å². The smallest absolute Gasteiger partial charge is 0.248 e. The first kappa shape index (κ1) is 16.4. The summed E-state index contributed by atoms with van der Waals surface area (Å²) in [7, 11) is -2.48. The fourth-order valence-corrected chi connectivity index (χ4v) is 2.85. The van der Waals surface area contributed by atoms with Gasteiger partial charge in [-0.25, -0.2) is 8.42 Å². The number of nitrogen functional groups attached to an aromatic ring is 1. The molecular weight excluding hydrogens is 282 g/mol. The third-order valence-corrected chi connectivity index (χ3v) is 4.46. The summed E-state index contributed by atoms with van der Waals surface area (Å²) in [4.78, 5) is 11.4. The van der Waals surface area contributed by atoms with E-state index in [1.54, 1.807) is 6.92 Å². The molecule has 1 heterocycles. The molecular formula is C11H21N5O3S. The zero-order chi connectivity index (χ0) is 15.3. The van der Waals surface area contributed by atoms with E-state index in [-0.39, 0.29) is 23.2 Å². The van der Waals surface area contributed by atoms with E-state index in [9.17, 15) is 13.2 Å². The molecule has 1 amide bonds. The van der Waals surface area contributed by atoms with Gasteiger partial charge in [0.05, 0.1) is 6.54 Å². The molecule has 0 aliphatic carbocycles. The lowest BCUT2D eigenvalue weighted by Gasteiger charge is -2.15. The molecule has 0 saturated heterocycles. The van der Waals surface area contributed by atoms with Crippen molar-refractivity contribution in [3.05, 3.63) is 6.20 Å². The van der Waals surface area contributed by atoms with Crippen molar-refractivity contribution in [2.24, 2.45) is 0 Å². The Hall–Kier alpha value is -1.61. The number of anilines is 1. The van der Waals surface area contributed by atoms with Gasteiger partial charge in [-0.05, 0) is 13.3 Å². The number of nitrogens with zero attached hydrogens (tertiary/aromatic N) is 3. The van der Waals surface area contributed by atoms with Crippen LogP contribution in [0.3, 0.4) is 0 Å². The van der Waals surface area contributed by atoms with Gasteiger partial charge in [-0.15, -0.1) is 0 Å². The zero-order valence-electron chi connectivity index (χ0n) is 12.0.